The monoisotopic (exact) mass is 222 g/mol. The molecular weight excluding hydrogens is 200 g/mol. The van der Waals surface area contributed by atoms with E-state index in [1.54, 1.807) is 0 Å². The summed E-state index contributed by atoms with van der Waals surface area (Å²) < 4.78 is 0. The summed E-state index contributed by atoms with van der Waals surface area (Å²) in [5.41, 5.74) is 1.18. The number of rotatable bonds is 5. The molecular formula is C12H22N4. The Morgan fingerprint density at radius 2 is 2.19 bits per heavy atom. The second kappa shape index (κ2) is 6.01. The van der Waals surface area contributed by atoms with E-state index < -0.39 is 0 Å². The molecule has 0 amide bonds. The van der Waals surface area contributed by atoms with Crippen LogP contribution in [0.25, 0.3) is 0 Å². The molecule has 0 spiro atoms. The van der Waals surface area contributed by atoms with Gasteiger partial charge in [0.2, 0.25) is 0 Å². The van der Waals surface area contributed by atoms with Gasteiger partial charge < -0.3 is 15.2 Å². The summed E-state index contributed by atoms with van der Waals surface area (Å²) in [6, 6.07) is 0. The van der Waals surface area contributed by atoms with E-state index in [0.29, 0.717) is 0 Å². The molecule has 0 aliphatic carbocycles. The van der Waals surface area contributed by atoms with Crippen LogP contribution in [0, 0.1) is 6.92 Å². The van der Waals surface area contributed by atoms with E-state index in [0.717, 1.165) is 18.9 Å². The number of nitrogens with zero attached hydrogens (tertiary/aromatic N) is 2. The molecule has 0 aromatic carbocycles. The Morgan fingerprint density at radius 3 is 2.88 bits per heavy atom. The molecule has 2 heterocycles. The van der Waals surface area contributed by atoms with Crippen LogP contribution in [0.3, 0.4) is 0 Å². The van der Waals surface area contributed by atoms with E-state index in [9.17, 15) is 0 Å². The highest BCUT2D eigenvalue weighted by molar-refractivity contribution is 4.99. The quantitative estimate of drug-likeness (QED) is 0.738. The smallest absolute Gasteiger partial charge is 0.103 e. The zero-order valence-corrected chi connectivity index (χ0v) is 10.1. The van der Waals surface area contributed by atoms with E-state index in [1.807, 2.05) is 13.1 Å². The lowest BCUT2D eigenvalue weighted by Gasteiger charge is -2.26. The van der Waals surface area contributed by atoms with Gasteiger partial charge in [0.25, 0.3) is 0 Å². The van der Waals surface area contributed by atoms with Crippen molar-refractivity contribution in [1.82, 2.24) is 20.2 Å². The first kappa shape index (κ1) is 11.6. The summed E-state index contributed by atoms with van der Waals surface area (Å²) >= 11 is 0. The topological polar surface area (TPSA) is 44.0 Å². The third-order valence-corrected chi connectivity index (χ3v) is 3.12. The summed E-state index contributed by atoms with van der Waals surface area (Å²) in [7, 11) is 0. The van der Waals surface area contributed by atoms with Crippen LogP contribution in [-0.2, 0) is 6.54 Å². The van der Waals surface area contributed by atoms with Gasteiger partial charge >= 0.3 is 0 Å². The minimum atomic E-state index is 0.898. The first-order valence-electron chi connectivity index (χ1n) is 6.28. The molecule has 1 aromatic rings. The molecule has 1 aliphatic heterocycles. The normalized spacial score (nSPS) is 17.8. The van der Waals surface area contributed by atoms with Crippen LogP contribution in [0.4, 0.5) is 0 Å². The summed E-state index contributed by atoms with van der Waals surface area (Å²) in [6.45, 7) is 7.69. The predicted octanol–water partition coefficient (Wildman–Crippen LogP) is 1.29. The third kappa shape index (κ3) is 3.61. The molecule has 2 N–H and O–H groups in total. The van der Waals surface area contributed by atoms with Gasteiger partial charge in [0.15, 0.2) is 0 Å². The molecule has 90 valence electrons. The van der Waals surface area contributed by atoms with Crippen molar-refractivity contribution in [2.24, 2.45) is 0 Å². The number of hydrogen-bond donors (Lipinski definition) is 2. The summed E-state index contributed by atoms with van der Waals surface area (Å²) in [5, 5.41) is 3.45. The number of nitrogens with one attached hydrogen (secondary N) is 2. The van der Waals surface area contributed by atoms with Crippen molar-refractivity contribution in [2.45, 2.75) is 32.7 Å². The molecule has 4 heteroatoms. The number of H-pyrrole nitrogens is 1. The highest BCUT2D eigenvalue weighted by Crippen LogP contribution is 2.07. The summed E-state index contributed by atoms with van der Waals surface area (Å²) in [5.74, 6) is 0.993. The van der Waals surface area contributed by atoms with E-state index in [4.69, 9.17) is 0 Å². The molecule has 0 unspecified atom stereocenters. The van der Waals surface area contributed by atoms with Crippen molar-refractivity contribution in [2.75, 3.05) is 26.2 Å². The maximum atomic E-state index is 4.18. The van der Waals surface area contributed by atoms with Crippen molar-refractivity contribution >= 4 is 0 Å². The fourth-order valence-corrected chi connectivity index (χ4v) is 2.20. The van der Waals surface area contributed by atoms with E-state index >= 15 is 0 Å². The Balaban J connectivity index is 1.57. The van der Waals surface area contributed by atoms with Gasteiger partial charge in [-0.25, -0.2) is 4.98 Å². The van der Waals surface area contributed by atoms with Crippen LogP contribution in [0.5, 0.6) is 0 Å². The van der Waals surface area contributed by atoms with Gasteiger partial charge in [-0.15, -0.1) is 0 Å². The van der Waals surface area contributed by atoms with Crippen molar-refractivity contribution < 1.29 is 0 Å². The highest BCUT2D eigenvalue weighted by Gasteiger charge is 2.08. The number of aromatic nitrogens is 2. The summed E-state index contributed by atoms with van der Waals surface area (Å²) in [4.78, 5) is 9.96. The first-order valence-corrected chi connectivity index (χ1v) is 6.28. The van der Waals surface area contributed by atoms with Gasteiger partial charge in [-0.2, -0.15) is 0 Å². The lowest BCUT2D eigenvalue weighted by molar-refractivity contribution is 0.229. The maximum absolute atomic E-state index is 4.18. The van der Waals surface area contributed by atoms with Gasteiger partial charge in [-0.05, 0) is 32.9 Å². The second-order valence-electron chi connectivity index (χ2n) is 4.57. The van der Waals surface area contributed by atoms with Crippen molar-refractivity contribution in [3.63, 3.8) is 0 Å². The number of likely N-dealkylation sites (tertiary alicyclic amines) is 1. The Morgan fingerprint density at radius 1 is 1.38 bits per heavy atom. The number of aromatic amines is 1. The molecule has 0 radical (unpaired) electrons. The Bertz CT molecular complexity index is 302. The van der Waals surface area contributed by atoms with Crippen molar-refractivity contribution in [3.8, 4) is 0 Å². The number of imidazole rings is 1. The molecule has 16 heavy (non-hydrogen) atoms. The van der Waals surface area contributed by atoms with Crippen LogP contribution in [0.2, 0.25) is 0 Å². The van der Waals surface area contributed by atoms with Crippen LogP contribution in [0.1, 0.15) is 30.8 Å². The maximum Gasteiger partial charge on any atom is 0.103 e. The Kier molecular flexibility index (Phi) is 4.36. The van der Waals surface area contributed by atoms with Crippen molar-refractivity contribution in [1.29, 1.82) is 0 Å². The zero-order valence-electron chi connectivity index (χ0n) is 10.1. The van der Waals surface area contributed by atoms with Crippen LogP contribution in [-0.4, -0.2) is 41.0 Å². The average molecular weight is 222 g/mol. The molecule has 2 rings (SSSR count). The molecule has 1 fully saturated rings. The van der Waals surface area contributed by atoms with Crippen LogP contribution < -0.4 is 5.32 Å². The lowest BCUT2D eigenvalue weighted by Crippen LogP contribution is -2.35. The largest absolute Gasteiger partial charge is 0.345 e. The van der Waals surface area contributed by atoms with Gasteiger partial charge in [0.05, 0.1) is 0 Å². The Labute approximate surface area is 97.4 Å². The molecule has 0 bridgehead atoms. The highest BCUT2D eigenvalue weighted by atomic mass is 15.1. The number of aryl methyl sites for hydroxylation is 1. The Hall–Kier alpha value is -0.870. The number of piperidine rings is 1. The SMILES string of the molecule is Cc1ncc(CNCCN2CCCCC2)[nH]1. The summed E-state index contributed by atoms with van der Waals surface area (Å²) in [6.07, 6.45) is 6.07. The minimum absolute atomic E-state index is 0.898. The molecule has 1 aliphatic rings. The number of hydrogen-bond acceptors (Lipinski definition) is 3. The van der Waals surface area contributed by atoms with Crippen LogP contribution in [0.15, 0.2) is 6.20 Å². The van der Waals surface area contributed by atoms with Gasteiger partial charge in [-0.1, -0.05) is 6.42 Å². The van der Waals surface area contributed by atoms with Gasteiger partial charge in [0.1, 0.15) is 5.82 Å². The van der Waals surface area contributed by atoms with E-state index in [2.05, 4.69) is 20.2 Å². The van der Waals surface area contributed by atoms with E-state index in [1.165, 1.54) is 44.6 Å². The third-order valence-electron chi connectivity index (χ3n) is 3.12. The standard InChI is InChI=1S/C12H22N4/c1-11-14-10-12(15-11)9-13-5-8-16-6-3-2-4-7-16/h10,13H,2-9H2,1H3,(H,14,15). The van der Waals surface area contributed by atoms with E-state index in [-0.39, 0.29) is 0 Å². The van der Waals surface area contributed by atoms with Crippen LogP contribution >= 0.6 is 0 Å². The fraction of sp³-hybridized carbons (Fsp3) is 0.750. The molecule has 0 saturated carbocycles. The molecule has 0 atom stereocenters. The van der Waals surface area contributed by atoms with Gasteiger partial charge in [-0.3, -0.25) is 0 Å². The van der Waals surface area contributed by atoms with Gasteiger partial charge in [0, 0.05) is 31.5 Å². The lowest BCUT2D eigenvalue weighted by atomic mass is 10.1. The fourth-order valence-electron chi connectivity index (χ4n) is 2.20. The average Bonchev–Trinajstić information content (AvgIpc) is 2.72. The zero-order chi connectivity index (χ0) is 11.2. The molecule has 1 saturated heterocycles. The second-order valence-corrected chi connectivity index (χ2v) is 4.57. The first-order chi connectivity index (χ1) is 7.84. The predicted molar refractivity (Wildman–Crippen MR) is 65.3 cm³/mol. The van der Waals surface area contributed by atoms with Crippen molar-refractivity contribution in [3.05, 3.63) is 17.7 Å². The molecule has 1 aromatic heterocycles. The molecule has 4 nitrogen and oxygen atoms in total. The minimum Gasteiger partial charge on any atom is -0.345 e.